The van der Waals surface area contributed by atoms with Crippen molar-refractivity contribution in [3.05, 3.63) is 42.0 Å². The van der Waals surface area contributed by atoms with Crippen molar-refractivity contribution in [1.29, 1.82) is 0 Å². The van der Waals surface area contributed by atoms with Gasteiger partial charge in [-0.05, 0) is 24.6 Å². The smallest absolute Gasteiger partial charge is 0.131 e. The van der Waals surface area contributed by atoms with Crippen LogP contribution in [0.2, 0.25) is 0 Å². The Morgan fingerprint density at radius 2 is 1.79 bits per heavy atom. The molecule has 2 aromatic carbocycles. The SMILES string of the molecule is CC(C)CCOc1c([C@H](C)N)ccc2ccccc12. The van der Waals surface area contributed by atoms with Crippen LogP contribution in [0.4, 0.5) is 0 Å². The maximum absolute atomic E-state index is 6.06. The first-order valence-corrected chi connectivity index (χ1v) is 6.99. The molecule has 0 amide bonds. The molecule has 1 atom stereocenters. The van der Waals surface area contributed by atoms with E-state index in [9.17, 15) is 0 Å². The number of benzene rings is 2. The molecule has 0 spiro atoms. The summed E-state index contributed by atoms with van der Waals surface area (Å²) in [6.07, 6.45) is 1.06. The average molecular weight is 257 g/mol. The lowest BCUT2D eigenvalue weighted by molar-refractivity contribution is 0.289. The van der Waals surface area contributed by atoms with Crippen LogP contribution in [0.5, 0.6) is 5.75 Å². The highest BCUT2D eigenvalue weighted by Gasteiger charge is 2.12. The molecule has 0 fully saturated rings. The standard InChI is InChI=1S/C17H23NO/c1-12(2)10-11-19-17-15(13(3)18)9-8-14-6-4-5-7-16(14)17/h4-9,12-13H,10-11,18H2,1-3H3/t13-/m0/s1. The van der Waals surface area contributed by atoms with Crippen molar-refractivity contribution in [2.75, 3.05) is 6.61 Å². The number of rotatable bonds is 5. The Hall–Kier alpha value is -1.54. The zero-order valence-electron chi connectivity index (χ0n) is 12.0. The highest BCUT2D eigenvalue weighted by atomic mass is 16.5. The Kier molecular flexibility index (Phi) is 4.43. The van der Waals surface area contributed by atoms with Crippen molar-refractivity contribution in [1.82, 2.24) is 0 Å². The van der Waals surface area contributed by atoms with E-state index in [2.05, 4.69) is 38.1 Å². The minimum atomic E-state index is -0.0151. The fraction of sp³-hybridized carbons (Fsp3) is 0.412. The minimum absolute atomic E-state index is 0.0151. The third-order valence-corrected chi connectivity index (χ3v) is 3.34. The molecule has 0 radical (unpaired) electrons. The zero-order chi connectivity index (χ0) is 13.8. The van der Waals surface area contributed by atoms with Gasteiger partial charge in [0.1, 0.15) is 5.75 Å². The van der Waals surface area contributed by atoms with Gasteiger partial charge < -0.3 is 10.5 Å². The predicted octanol–water partition coefficient (Wildman–Crippen LogP) is 4.28. The second-order valence-electron chi connectivity index (χ2n) is 5.52. The van der Waals surface area contributed by atoms with Gasteiger partial charge in [-0.15, -0.1) is 0 Å². The van der Waals surface area contributed by atoms with E-state index in [1.807, 2.05) is 19.1 Å². The van der Waals surface area contributed by atoms with Gasteiger partial charge in [-0.25, -0.2) is 0 Å². The number of hydrogen-bond acceptors (Lipinski definition) is 2. The van der Waals surface area contributed by atoms with Crippen molar-refractivity contribution in [2.24, 2.45) is 11.7 Å². The Morgan fingerprint density at radius 3 is 2.47 bits per heavy atom. The van der Waals surface area contributed by atoms with Crippen LogP contribution >= 0.6 is 0 Å². The van der Waals surface area contributed by atoms with E-state index in [0.717, 1.165) is 29.7 Å². The molecular weight excluding hydrogens is 234 g/mol. The third-order valence-electron chi connectivity index (χ3n) is 3.34. The summed E-state index contributed by atoms with van der Waals surface area (Å²) in [6, 6.07) is 12.5. The molecule has 2 nitrogen and oxygen atoms in total. The highest BCUT2D eigenvalue weighted by Crippen LogP contribution is 2.33. The summed E-state index contributed by atoms with van der Waals surface area (Å²) >= 11 is 0. The van der Waals surface area contributed by atoms with E-state index >= 15 is 0 Å². The Morgan fingerprint density at radius 1 is 1.05 bits per heavy atom. The fourth-order valence-corrected chi connectivity index (χ4v) is 2.18. The molecule has 2 N–H and O–H groups in total. The lowest BCUT2D eigenvalue weighted by Crippen LogP contribution is -2.10. The van der Waals surface area contributed by atoms with Crippen LogP contribution in [0.1, 0.15) is 38.8 Å². The summed E-state index contributed by atoms with van der Waals surface area (Å²) in [5.41, 5.74) is 7.14. The van der Waals surface area contributed by atoms with E-state index in [1.165, 1.54) is 5.39 Å². The quantitative estimate of drug-likeness (QED) is 0.867. The minimum Gasteiger partial charge on any atom is -0.493 e. The topological polar surface area (TPSA) is 35.2 Å². The van der Waals surface area contributed by atoms with E-state index in [-0.39, 0.29) is 6.04 Å². The first-order valence-electron chi connectivity index (χ1n) is 6.99. The molecule has 19 heavy (non-hydrogen) atoms. The van der Waals surface area contributed by atoms with Gasteiger partial charge in [0.25, 0.3) is 0 Å². The molecule has 2 heteroatoms. The second-order valence-corrected chi connectivity index (χ2v) is 5.52. The summed E-state index contributed by atoms with van der Waals surface area (Å²) in [5.74, 6) is 1.60. The van der Waals surface area contributed by atoms with E-state index < -0.39 is 0 Å². The van der Waals surface area contributed by atoms with Crippen LogP contribution in [0.15, 0.2) is 36.4 Å². The van der Waals surface area contributed by atoms with Crippen molar-refractivity contribution < 1.29 is 4.74 Å². The number of fused-ring (bicyclic) bond motifs is 1. The average Bonchev–Trinajstić information content (AvgIpc) is 2.38. The summed E-state index contributed by atoms with van der Waals surface area (Å²) in [4.78, 5) is 0. The van der Waals surface area contributed by atoms with Crippen LogP contribution in [-0.2, 0) is 0 Å². The van der Waals surface area contributed by atoms with Gasteiger partial charge in [0.05, 0.1) is 6.61 Å². The maximum atomic E-state index is 6.06. The Labute approximate surface area is 115 Å². The first-order chi connectivity index (χ1) is 9.09. The molecule has 0 heterocycles. The lowest BCUT2D eigenvalue weighted by atomic mass is 10.0. The van der Waals surface area contributed by atoms with Crippen molar-refractivity contribution >= 4 is 10.8 Å². The largest absolute Gasteiger partial charge is 0.493 e. The van der Waals surface area contributed by atoms with Crippen LogP contribution in [0.3, 0.4) is 0 Å². The molecule has 0 aromatic heterocycles. The van der Waals surface area contributed by atoms with Gasteiger partial charge in [-0.3, -0.25) is 0 Å². The fourth-order valence-electron chi connectivity index (χ4n) is 2.18. The third kappa shape index (κ3) is 3.27. The number of ether oxygens (including phenoxy) is 1. The monoisotopic (exact) mass is 257 g/mol. The normalized spacial score (nSPS) is 12.9. The highest BCUT2D eigenvalue weighted by molar-refractivity contribution is 5.89. The summed E-state index contributed by atoms with van der Waals surface area (Å²) < 4.78 is 6.04. The molecule has 0 saturated carbocycles. The van der Waals surface area contributed by atoms with Crippen molar-refractivity contribution in [2.45, 2.75) is 33.2 Å². The maximum Gasteiger partial charge on any atom is 0.131 e. The molecule has 0 unspecified atom stereocenters. The van der Waals surface area contributed by atoms with Gasteiger partial charge >= 0.3 is 0 Å². The van der Waals surface area contributed by atoms with Gasteiger partial charge in [0.2, 0.25) is 0 Å². The van der Waals surface area contributed by atoms with Crippen LogP contribution in [-0.4, -0.2) is 6.61 Å². The predicted molar refractivity (Wildman–Crippen MR) is 81.5 cm³/mol. The Balaban J connectivity index is 2.38. The van der Waals surface area contributed by atoms with Gasteiger partial charge in [-0.2, -0.15) is 0 Å². The first kappa shape index (κ1) is 13.9. The molecule has 102 valence electrons. The summed E-state index contributed by atoms with van der Waals surface area (Å²) in [6.45, 7) is 7.16. The molecule has 0 aliphatic carbocycles. The van der Waals surface area contributed by atoms with Gasteiger partial charge in [0, 0.05) is 17.0 Å². The van der Waals surface area contributed by atoms with E-state index in [0.29, 0.717) is 5.92 Å². The van der Waals surface area contributed by atoms with Crippen LogP contribution in [0, 0.1) is 5.92 Å². The van der Waals surface area contributed by atoms with Crippen molar-refractivity contribution in [3.8, 4) is 5.75 Å². The van der Waals surface area contributed by atoms with Gasteiger partial charge in [0.15, 0.2) is 0 Å². The number of hydrogen-bond donors (Lipinski definition) is 1. The molecule has 0 aliphatic rings. The zero-order valence-corrected chi connectivity index (χ0v) is 12.0. The molecular formula is C17H23NO. The Bertz CT molecular complexity index is 546. The van der Waals surface area contributed by atoms with E-state index in [1.54, 1.807) is 0 Å². The lowest BCUT2D eigenvalue weighted by Gasteiger charge is -2.17. The summed E-state index contributed by atoms with van der Waals surface area (Å²) in [5, 5.41) is 2.35. The van der Waals surface area contributed by atoms with E-state index in [4.69, 9.17) is 10.5 Å². The van der Waals surface area contributed by atoms with Crippen molar-refractivity contribution in [3.63, 3.8) is 0 Å². The summed E-state index contributed by atoms with van der Waals surface area (Å²) in [7, 11) is 0. The molecule has 0 bridgehead atoms. The molecule has 0 saturated heterocycles. The molecule has 2 rings (SSSR count). The number of nitrogens with two attached hydrogens (primary N) is 1. The second kappa shape index (κ2) is 6.07. The molecule has 2 aromatic rings. The van der Waals surface area contributed by atoms with Crippen LogP contribution in [0.25, 0.3) is 10.8 Å². The molecule has 0 aliphatic heterocycles. The van der Waals surface area contributed by atoms with Gasteiger partial charge in [-0.1, -0.05) is 50.2 Å². The van der Waals surface area contributed by atoms with Crippen LogP contribution < -0.4 is 10.5 Å².